The van der Waals surface area contributed by atoms with Gasteiger partial charge in [0.25, 0.3) is 5.91 Å². The summed E-state index contributed by atoms with van der Waals surface area (Å²) in [4.78, 5) is 21.0. The van der Waals surface area contributed by atoms with E-state index in [1.54, 1.807) is 29.2 Å². The number of benzene rings is 1. The third-order valence-corrected chi connectivity index (χ3v) is 5.37. The second kappa shape index (κ2) is 8.76. The van der Waals surface area contributed by atoms with Crippen molar-refractivity contribution in [2.24, 2.45) is 0 Å². The zero-order chi connectivity index (χ0) is 22.8. The molecule has 1 amide bonds. The molecule has 3 N–H and O–H groups in total. The molecule has 1 aromatic carbocycles. The largest absolute Gasteiger partial charge is 0.366 e. The van der Waals surface area contributed by atoms with E-state index in [1.165, 1.54) is 0 Å². The lowest BCUT2D eigenvalue weighted by Crippen LogP contribution is -2.12. The van der Waals surface area contributed by atoms with Crippen LogP contribution in [-0.4, -0.2) is 25.5 Å². The standard InChI is InChI=1S/C24H20ClN7O/c1-15-9-17(24(33)29-15)10-18-14-28-32-22(27-13-16-5-7-26-8-6-16)12-21(31-23(18)32)30-20-4-2-3-19(25)11-20/h2-8,10-12,14,27H,1,9,13H2,(H,29,33)(H,30,31)/b17-10+. The van der Waals surface area contributed by atoms with Crippen molar-refractivity contribution >= 4 is 46.6 Å². The number of hydrogen-bond donors (Lipinski definition) is 3. The molecule has 0 spiro atoms. The highest BCUT2D eigenvalue weighted by Gasteiger charge is 2.21. The number of rotatable bonds is 6. The predicted molar refractivity (Wildman–Crippen MR) is 129 cm³/mol. The highest BCUT2D eigenvalue weighted by molar-refractivity contribution is 6.30. The van der Waals surface area contributed by atoms with E-state index in [9.17, 15) is 4.79 Å². The second-order valence-electron chi connectivity index (χ2n) is 7.61. The Morgan fingerprint density at radius 1 is 1.21 bits per heavy atom. The van der Waals surface area contributed by atoms with Crippen molar-refractivity contribution in [3.8, 4) is 0 Å². The van der Waals surface area contributed by atoms with Crippen LogP contribution in [0.15, 0.2) is 78.9 Å². The number of nitrogens with zero attached hydrogens (tertiary/aromatic N) is 4. The molecule has 3 aromatic heterocycles. The minimum atomic E-state index is -0.149. The van der Waals surface area contributed by atoms with E-state index in [2.05, 4.69) is 32.6 Å². The number of hydrogen-bond acceptors (Lipinski definition) is 6. The summed E-state index contributed by atoms with van der Waals surface area (Å²) in [7, 11) is 0. The first-order valence-corrected chi connectivity index (χ1v) is 10.7. The number of nitrogens with one attached hydrogen (secondary N) is 3. The lowest BCUT2D eigenvalue weighted by atomic mass is 10.1. The van der Waals surface area contributed by atoms with E-state index in [-0.39, 0.29) is 5.91 Å². The molecule has 4 aromatic rings. The van der Waals surface area contributed by atoms with Crippen LogP contribution in [-0.2, 0) is 11.3 Å². The molecule has 0 bridgehead atoms. The van der Waals surface area contributed by atoms with Crippen molar-refractivity contribution in [3.05, 3.63) is 95.1 Å². The summed E-state index contributed by atoms with van der Waals surface area (Å²) >= 11 is 6.14. The van der Waals surface area contributed by atoms with Crippen LogP contribution in [0.3, 0.4) is 0 Å². The number of carbonyl (C=O) groups excluding carboxylic acids is 1. The summed E-state index contributed by atoms with van der Waals surface area (Å²) in [5, 5.41) is 14.6. The smallest absolute Gasteiger partial charge is 0.251 e. The Morgan fingerprint density at radius 2 is 2.06 bits per heavy atom. The lowest BCUT2D eigenvalue weighted by Gasteiger charge is -2.12. The summed E-state index contributed by atoms with van der Waals surface area (Å²) in [6, 6.07) is 13.2. The van der Waals surface area contributed by atoms with Crippen molar-refractivity contribution in [2.45, 2.75) is 13.0 Å². The highest BCUT2D eigenvalue weighted by Crippen LogP contribution is 2.26. The van der Waals surface area contributed by atoms with Crippen LogP contribution < -0.4 is 16.0 Å². The number of pyridine rings is 1. The first-order valence-electron chi connectivity index (χ1n) is 10.3. The Morgan fingerprint density at radius 3 is 2.82 bits per heavy atom. The second-order valence-corrected chi connectivity index (χ2v) is 8.05. The topological polar surface area (TPSA) is 96.2 Å². The molecule has 33 heavy (non-hydrogen) atoms. The van der Waals surface area contributed by atoms with Crippen LogP contribution >= 0.6 is 11.6 Å². The molecule has 5 rings (SSSR count). The fourth-order valence-corrected chi connectivity index (χ4v) is 3.77. The fraction of sp³-hybridized carbons (Fsp3) is 0.0833. The maximum atomic E-state index is 12.2. The Balaban J connectivity index is 1.55. The number of carbonyl (C=O) groups is 1. The van der Waals surface area contributed by atoms with Gasteiger partial charge in [-0.05, 0) is 42.0 Å². The predicted octanol–water partition coefficient (Wildman–Crippen LogP) is 4.55. The lowest BCUT2D eigenvalue weighted by molar-refractivity contribution is -0.115. The summed E-state index contributed by atoms with van der Waals surface area (Å²) in [5.41, 5.74) is 4.53. The van der Waals surface area contributed by atoms with Gasteiger partial charge < -0.3 is 16.0 Å². The van der Waals surface area contributed by atoms with Gasteiger partial charge >= 0.3 is 0 Å². The Labute approximate surface area is 195 Å². The Bertz CT molecular complexity index is 1390. The summed E-state index contributed by atoms with van der Waals surface area (Å²) in [6.07, 6.45) is 7.49. The Hall–Kier alpha value is -4.17. The molecule has 1 saturated heterocycles. The van der Waals surface area contributed by atoms with Gasteiger partial charge in [0.15, 0.2) is 5.65 Å². The van der Waals surface area contributed by atoms with Crippen LogP contribution in [0, 0.1) is 0 Å². The average molecular weight is 458 g/mol. The summed E-state index contributed by atoms with van der Waals surface area (Å²) in [6.45, 7) is 4.42. The third-order valence-electron chi connectivity index (χ3n) is 5.13. The van der Waals surface area contributed by atoms with Crippen LogP contribution in [0.5, 0.6) is 0 Å². The molecule has 0 aliphatic carbocycles. The van der Waals surface area contributed by atoms with Crippen LogP contribution in [0.2, 0.25) is 5.02 Å². The molecular weight excluding hydrogens is 438 g/mol. The van der Waals surface area contributed by atoms with Crippen LogP contribution in [0.4, 0.5) is 17.3 Å². The first kappa shape index (κ1) is 20.7. The molecular formula is C24H20ClN7O. The van der Waals surface area contributed by atoms with Crippen molar-refractivity contribution in [1.29, 1.82) is 0 Å². The monoisotopic (exact) mass is 457 g/mol. The molecule has 9 heteroatoms. The minimum Gasteiger partial charge on any atom is -0.366 e. The van der Waals surface area contributed by atoms with Gasteiger partial charge in [0, 0.05) is 59.0 Å². The number of allylic oxidation sites excluding steroid dienone is 1. The van der Waals surface area contributed by atoms with Gasteiger partial charge in [0.1, 0.15) is 11.6 Å². The van der Waals surface area contributed by atoms with E-state index < -0.39 is 0 Å². The van der Waals surface area contributed by atoms with Gasteiger partial charge in [0.2, 0.25) is 0 Å². The zero-order valence-electron chi connectivity index (χ0n) is 17.5. The molecule has 1 aliphatic heterocycles. The maximum absolute atomic E-state index is 12.2. The third kappa shape index (κ3) is 4.56. The zero-order valence-corrected chi connectivity index (χ0v) is 18.3. The van der Waals surface area contributed by atoms with E-state index >= 15 is 0 Å². The maximum Gasteiger partial charge on any atom is 0.251 e. The summed E-state index contributed by atoms with van der Waals surface area (Å²) in [5.74, 6) is 1.21. The van der Waals surface area contributed by atoms with E-state index in [1.807, 2.05) is 42.5 Å². The van der Waals surface area contributed by atoms with Crippen LogP contribution in [0.25, 0.3) is 11.7 Å². The molecule has 1 fully saturated rings. The number of amides is 1. The highest BCUT2D eigenvalue weighted by atomic mass is 35.5. The minimum absolute atomic E-state index is 0.149. The van der Waals surface area contributed by atoms with Gasteiger partial charge in [-0.1, -0.05) is 24.2 Å². The van der Waals surface area contributed by atoms with Gasteiger partial charge in [-0.15, -0.1) is 0 Å². The van der Waals surface area contributed by atoms with Gasteiger partial charge in [-0.25, -0.2) is 4.98 Å². The average Bonchev–Trinajstić information content (AvgIpc) is 3.35. The fourth-order valence-electron chi connectivity index (χ4n) is 3.58. The normalized spacial score (nSPS) is 14.6. The molecule has 0 atom stereocenters. The number of fused-ring (bicyclic) bond motifs is 1. The van der Waals surface area contributed by atoms with Crippen LogP contribution in [0.1, 0.15) is 17.5 Å². The van der Waals surface area contributed by atoms with Crippen molar-refractivity contribution in [1.82, 2.24) is 24.9 Å². The quantitative estimate of drug-likeness (QED) is 0.367. The molecule has 0 unspecified atom stereocenters. The molecule has 0 radical (unpaired) electrons. The van der Waals surface area contributed by atoms with E-state index in [4.69, 9.17) is 16.6 Å². The number of halogens is 1. The van der Waals surface area contributed by atoms with Crippen molar-refractivity contribution in [2.75, 3.05) is 10.6 Å². The molecule has 0 saturated carbocycles. The molecule has 164 valence electrons. The Kier molecular flexibility index (Phi) is 5.50. The molecule has 4 heterocycles. The van der Waals surface area contributed by atoms with E-state index in [0.29, 0.717) is 40.7 Å². The molecule has 8 nitrogen and oxygen atoms in total. The number of aromatic nitrogens is 4. The van der Waals surface area contributed by atoms with Gasteiger partial charge in [0.05, 0.1) is 6.20 Å². The van der Waals surface area contributed by atoms with Crippen molar-refractivity contribution in [3.63, 3.8) is 0 Å². The SMILES string of the molecule is C=C1C/C(=C\c2cnn3c(NCc4ccncc4)cc(Nc4cccc(Cl)c4)nc23)C(=O)N1. The number of anilines is 3. The van der Waals surface area contributed by atoms with E-state index in [0.717, 1.165) is 22.6 Å². The van der Waals surface area contributed by atoms with Gasteiger partial charge in [-0.3, -0.25) is 9.78 Å². The van der Waals surface area contributed by atoms with Gasteiger partial charge in [-0.2, -0.15) is 9.61 Å². The van der Waals surface area contributed by atoms with Crippen molar-refractivity contribution < 1.29 is 4.79 Å². The molecule has 1 aliphatic rings. The first-order chi connectivity index (χ1) is 16.0. The summed E-state index contributed by atoms with van der Waals surface area (Å²) < 4.78 is 1.72.